The van der Waals surface area contributed by atoms with Crippen molar-refractivity contribution in [2.45, 2.75) is 6.92 Å². The number of hydrogen-bond acceptors (Lipinski definition) is 4. The fourth-order valence-electron chi connectivity index (χ4n) is 1.78. The number of ether oxygens (including phenoxy) is 2. The highest BCUT2D eigenvalue weighted by Gasteiger charge is 2.36. The Hall–Kier alpha value is -1.34. The Labute approximate surface area is 112 Å². The molecular formula is C12H22N2O5. The molecule has 1 fully saturated rings. The maximum Gasteiger partial charge on any atom is 0.317 e. The SMILES string of the molecule is COCCOCCNC(=O)N1CC(C(C)C(=O)O)C1. The second-order valence-electron chi connectivity index (χ2n) is 4.63. The average molecular weight is 274 g/mol. The van der Waals surface area contributed by atoms with Gasteiger partial charge in [0.2, 0.25) is 0 Å². The van der Waals surface area contributed by atoms with Gasteiger partial charge in [-0.15, -0.1) is 0 Å². The maximum absolute atomic E-state index is 11.6. The van der Waals surface area contributed by atoms with Crippen LogP contribution in [0.25, 0.3) is 0 Å². The number of likely N-dealkylation sites (tertiary alicyclic amines) is 1. The molecule has 1 aliphatic heterocycles. The van der Waals surface area contributed by atoms with E-state index in [9.17, 15) is 9.59 Å². The highest BCUT2D eigenvalue weighted by Crippen LogP contribution is 2.23. The van der Waals surface area contributed by atoms with Gasteiger partial charge in [0.1, 0.15) is 0 Å². The van der Waals surface area contributed by atoms with Crippen LogP contribution < -0.4 is 5.32 Å². The van der Waals surface area contributed by atoms with Gasteiger partial charge >= 0.3 is 12.0 Å². The summed E-state index contributed by atoms with van der Waals surface area (Å²) in [4.78, 5) is 24.0. The van der Waals surface area contributed by atoms with E-state index in [1.165, 1.54) is 0 Å². The average Bonchev–Trinajstić information content (AvgIpc) is 2.31. The monoisotopic (exact) mass is 274 g/mol. The van der Waals surface area contributed by atoms with Crippen molar-refractivity contribution >= 4 is 12.0 Å². The van der Waals surface area contributed by atoms with Gasteiger partial charge in [-0.05, 0) is 0 Å². The fraction of sp³-hybridized carbons (Fsp3) is 0.833. The van der Waals surface area contributed by atoms with E-state index in [0.29, 0.717) is 39.5 Å². The van der Waals surface area contributed by atoms with Gasteiger partial charge in [0.25, 0.3) is 0 Å². The lowest BCUT2D eigenvalue weighted by atomic mass is 9.87. The van der Waals surface area contributed by atoms with Crippen LogP contribution in [-0.2, 0) is 14.3 Å². The van der Waals surface area contributed by atoms with E-state index in [4.69, 9.17) is 14.6 Å². The van der Waals surface area contributed by atoms with Gasteiger partial charge in [-0.1, -0.05) is 6.92 Å². The third-order valence-corrected chi connectivity index (χ3v) is 3.25. The van der Waals surface area contributed by atoms with Crippen LogP contribution in [0.3, 0.4) is 0 Å². The van der Waals surface area contributed by atoms with Crippen molar-refractivity contribution in [3.8, 4) is 0 Å². The van der Waals surface area contributed by atoms with Crippen LogP contribution in [0.15, 0.2) is 0 Å². The Morgan fingerprint density at radius 2 is 2.05 bits per heavy atom. The van der Waals surface area contributed by atoms with Gasteiger partial charge in [-0.3, -0.25) is 4.79 Å². The standard InChI is InChI=1S/C12H22N2O5/c1-9(11(15)16)10-7-14(8-10)12(17)13-3-4-19-6-5-18-2/h9-10H,3-8H2,1-2H3,(H,13,17)(H,15,16). The lowest BCUT2D eigenvalue weighted by molar-refractivity contribution is -0.144. The Kier molecular flexibility index (Phi) is 6.58. The number of aliphatic carboxylic acids is 1. The van der Waals surface area contributed by atoms with E-state index in [2.05, 4.69) is 5.32 Å². The van der Waals surface area contributed by atoms with Crippen molar-refractivity contribution in [1.29, 1.82) is 0 Å². The summed E-state index contributed by atoms with van der Waals surface area (Å²) >= 11 is 0. The minimum Gasteiger partial charge on any atom is -0.481 e. The molecule has 1 atom stereocenters. The molecule has 7 nitrogen and oxygen atoms in total. The number of carbonyl (C=O) groups excluding carboxylic acids is 1. The molecule has 7 heteroatoms. The largest absolute Gasteiger partial charge is 0.481 e. The van der Waals surface area contributed by atoms with Crippen LogP contribution in [0.2, 0.25) is 0 Å². The number of nitrogens with zero attached hydrogens (tertiary/aromatic N) is 1. The molecular weight excluding hydrogens is 252 g/mol. The number of hydrogen-bond donors (Lipinski definition) is 2. The van der Waals surface area contributed by atoms with Crippen molar-refractivity contribution in [2.75, 3.05) is 46.6 Å². The molecule has 0 radical (unpaired) electrons. The molecule has 2 amide bonds. The summed E-state index contributed by atoms with van der Waals surface area (Å²) in [6.07, 6.45) is 0. The summed E-state index contributed by atoms with van der Waals surface area (Å²) in [6, 6.07) is -0.163. The molecule has 1 aliphatic rings. The van der Waals surface area contributed by atoms with Gasteiger partial charge in [0.05, 0.1) is 25.7 Å². The number of amides is 2. The first-order valence-electron chi connectivity index (χ1n) is 6.38. The molecule has 1 rings (SSSR count). The summed E-state index contributed by atoms with van der Waals surface area (Å²) in [7, 11) is 1.60. The fourth-order valence-corrected chi connectivity index (χ4v) is 1.78. The lowest BCUT2D eigenvalue weighted by Crippen LogP contribution is -2.56. The van der Waals surface area contributed by atoms with Crippen LogP contribution >= 0.6 is 0 Å². The molecule has 19 heavy (non-hydrogen) atoms. The first-order chi connectivity index (χ1) is 9.06. The number of carbonyl (C=O) groups is 2. The summed E-state index contributed by atoms with van der Waals surface area (Å²) in [6.45, 7) is 4.61. The highest BCUT2D eigenvalue weighted by molar-refractivity contribution is 5.76. The van der Waals surface area contributed by atoms with Crippen LogP contribution in [0.1, 0.15) is 6.92 Å². The lowest BCUT2D eigenvalue weighted by Gasteiger charge is -2.41. The molecule has 0 aliphatic carbocycles. The first-order valence-corrected chi connectivity index (χ1v) is 6.38. The van der Waals surface area contributed by atoms with Gasteiger partial charge in [0.15, 0.2) is 0 Å². The van der Waals surface area contributed by atoms with Crippen molar-refractivity contribution in [3.05, 3.63) is 0 Å². The molecule has 0 aromatic carbocycles. The number of methoxy groups -OCH3 is 1. The zero-order chi connectivity index (χ0) is 14.3. The van der Waals surface area contributed by atoms with Gasteiger partial charge in [-0.25, -0.2) is 4.79 Å². The molecule has 0 bridgehead atoms. The Morgan fingerprint density at radius 1 is 1.37 bits per heavy atom. The number of nitrogens with one attached hydrogen (secondary N) is 1. The Bertz CT molecular complexity index is 304. The molecule has 2 N–H and O–H groups in total. The molecule has 0 aromatic heterocycles. The van der Waals surface area contributed by atoms with Crippen molar-refractivity contribution in [2.24, 2.45) is 11.8 Å². The number of urea groups is 1. The molecule has 1 heterocycles. The minimum absolute atomic E-state index is 0.0567. The molecule has 0 saturated carbocycles. The van der Waals surface area contributed by atoms with Crippen LogP contribution in [0.5, 0.6) is 0 Å². The first kappa shape index (κ1) is 15.7. The van der Waals surface area contributed by atoms with Crippen LogP contribution in [0.4, 0.5) is 4.79 Å². The predicted molar refractivity (Wildman–Crippen MR) is 68.0 cm³/mol. The van der Waals surface area contributed by atoms with Gasteiger partial charge in [0, 0.05) is 32.7 Å². The summed E-state index contributed by atoms with van der Waals surface area (Å²) < 4.78 is 10.0. The molecule has 0 spiro atoms. The number of rotatable bonds is 8. The summed E-state index contributed by atoms with van der Waals surface area (Å²) in [5.41, 5.74) is 0. The number of carboxylic acids is 1. The second-order valence-corrected chi connectivity index (χ2v) is 4.63. The van der Waals surface area contributed by atoms with E-state index in [0.717, 1.165) is 0 Å². The van der Waals surface area contributed by atoms with Crippen LogP contribution in [0, 0.1) is 11.8 Å². The quantitative estimate of drug-likeness (QED) is 0.609. The third kappa shape index (κ3) is 5.04. The molecule has 1 unspecified atom stereocenters. The predicted octanol–water partition coefficient (Wildman–Crippen LogP) is 0.0115. The zero-order valence-electron chi connectivity index (χ0n) is 11.4. The van der Waals surface area contributed by atoms with Crippen molar-refractivity contribution in [1.82, 2.24) is 10.2 Å². The Balaban J connectivity index is 2.05. The summed E-state index contributed by atoms with van der Waals surface area (Å²) in [5.74, 6) is -1.15. The van der Waals surface area contributed by atoms with E-state index in [-0.39, 0.29) is 11.9 Å². The maximum atomic E-state index is 11.6. The summed E-state index contributed by atoms with van der Waals surface area (Å²) in [5, 5.41) is 11.6. The highest BCUT2D eigenvalue weighted by atomic mass is 16.5. The van der Waals surface area contributed by atoms with E-state index < -0.39 is 11.9 Å². The zero-order valence-corrected chi connectivity index (χ0v) is 11.4. The van der Waals surface area contributed by atoms with Crippen LogP contribution in [-0.4, -0.2) is 68.6 Å². The van der Waals surface area contributed by atoms with Gasteiger partial charge < -0.3 is 24.8 Å². The topological polar surface area (TPSA) is 88.1 Å². The Morgan fingerprint density at radius 3 is 2.63 bits per heavy atom. The van der Waals surface area contributed by atoms with E-state index >= 15 is 0 Å². The molecule has 110 valence electrons. The second kappa shape index (κ2) is 7.96. The van der Waals surface area contributed by atoms with Gasteiger partial charge in [-0.2, -0.15) is 0 Å². The van der Waals surface area contributed by atoms with Crippen molar-refractivity contribution < 1.29 is 24.2 Å². The molecule has 1 saturated heterocycles. The van der Waals surface area contributed by atoms with Crippen molar-refractivity contribution in [3.63, 3.8) is 0 Å². The number of carboxylic acid groups (broad SMARTS) is 1. The van der Waals surface area contributed by atoms with E-state index in [1.54, 1.807) is 18.9 Å². The third-order valence-electron chi connectivity index (χ3n) is 3.25. The molecule has 0 aromatic rings. The normalized spacial score (nSPS) is 16.8. The smallest absolute Gasteiger partial charge is 0.317 e. The van der Waals surface area contributed by atoms with E-state index in [1.807, 2.05) is 0 Å². The minimum atomic E-state index is -0.809.